The van der Waals surface area contributed by atoms with Crippen molar-refractivity contribution in [3.63, 3.8) is 0 Å². The monoisotopic (exact) mass is 398 g/mol. The van der Waals surface area contributed by atoms with Gasteiger partial charge >= 0.3 is 0 Å². The smallest absolute Gasteiger partial charge is 0.186 e. The van der Waals surface area contributed by atoms with Gasteiger partial charge in [-0.3, -0.25) is 4.98 Å². The number of thiazole rings is 1. The van der Waals surface area contributed by atoms with Gasteiger partial charge in [0.05, 0.1) is 22.5 Å². The molecule has 9 heteroatoms. The van der Waals surface area contributed by atoms with Crippen molar-refractivity contribution < 1.29 is 13.5 Å². The van der Waals surface area contributed by atoms with Crippen LogP contribution in [0.5, 0.6) is 5.75 Å². The largest absolute Gasteiger partial charge is 0.490 e. The summed E-state index contributed by atoms with van der Waals surface area (Å²) in [4.78, 5) is 10.7. The first-order chi connectivity index (χ1) is 12.2. The number of rotatable bonds is 4. The number of piperazine rings is 1. The summed E-state index contributed by atoms with van der Waals surface area (Å²) in [5, 5.41) is 4.09. The van der Waals surface area contributed by atoms with Crippen molar-refractivity contribution in [1.29, 1.82) is 0 Å². The van der Waals surface area contributed by atoms with Crippen LogP contribution in [0.15, 0.2) is 36.7 Å². The summed E-state index contributed by atoms with van der Waals surface area (Å²) in [7, 11) is 0. The van der Waals surface area contributed by atoms with E-state index in [-0.39, 0.29) is 18.4 Å². The van der Waals surface area contributed by atoms with E-state index in [0.717, 1.165) is 30.8 Å². The molecule has 1 unspecified atom stereocenters. The molecule has 138 valence electrons. The molecule has 4 rings (SSSR count). The Bertz CT molecular complexity index is 841. The second-order valence-corrected chi connectivity index (χ2v) is 6.79. The molecule has 1 aliphatic heterocycles. The van der Waals surface area contributed by atoms with Crippen molar-refractivity contribution in [2.75, 3.05) is 31.1 Å². The molecule has 1 fully saturated rings. The maximum atomic E-state index is 13.4. The SMILES string of the molecule is Cl.Fc1cc2nc(N3CCNCC3COc3cccnc3)sc2cc1F. The Morgan fingerprint density at radius 1 is 1.31 bits per heavy atom. The van der Waals surface area contributed by atoms with Crippen molar-refractivity contribution in [1.82, 2.24) is 15.3 Å². The lowest BCUT2D eigenvalue weighted by Crippen LogP contribution is -2.54. The Morgan fingerprint density at radius 2 is 2.15 bits per heavy atom. The van der Waals surface area contributed by atoms with E-state index in [1.54, 1.807) is 12.4 Å². The fraction of sp³-hybridized carbons (Fsp3) is 0.294. The van der Waals surface area contributed by atoms with Crippen LogP contribution in [0.1, 0.15) is 0 Å². The number of ether oxygens (including phenoxy) is 1. The lowest BCUT2D eigenvalue weighted by atomic mass is 10.2. The van der Waals surface area contributed by atoms with Crippen LogP contribution in [0.25, 0.3) is 10.2 Å². The zero-order valence-corrected chi connectivity index (χ0v) is 15.3. The maximum absolute atomic E-state index is 13.4. The van der Waals surface area contributed by atoms with Crippen LogP contribution in [0, 0.1) is 11.6 Å². The fourth-order valence-electron chi connectivity index (χ4n) is 2.82. The molecule has 3 heterocycles. The van der Waals surface area contributed by atoms with Crippen molar-refractivity contribution in [3.8, 4) is 5.75 Å². The maximum Gasteiger partial charge on any atom is 0.186 e. The number of hydrogen-bond acceptors (Lipinski definition) is 6. The van der Waals surface area contributed by atoms with Gasteiger partial charge in [0.1, 0.15) is 12.4 Å². The number of halogens is 3. The summed E-state index contributed by atoms with van der Waals surface area (Å²) in [6.07, 6.45) is 3.37. The molecular weight excluding hydrogens is 382 g/mol. The molecule has 2 aromatic heterocycles. The Kier molecular flexibility index (Phi) is 5.85. The molecular formula is C17H17ClF2N4OS. The van der Waals surface area contributed by atoms with Crippen LogP contribution >= 0.6 is 23.7 Å². The standard InChI is InChI=1S/C17H16F2N4OS.ClH/c18-13-6-15-16(7-14(13)19)25-17(22-15)23-5-4-21-8-11(23)10-24-12-2-1-3-20-9-12;/h1-3,6-7,9,11,21H,4-5,8,10H2;1H. The molecule has 0 amide bonds. The summed E-state index contributed by atoms with van der Waals surface area (Å²) >= 11 is 1.36. The first-order valence-electron chi connectivity index (χ1n) is 7.96. The number of pyridine rings is 1. The van der Waals surface area contributed by atoms with Gasteiger partial charge in [-0.15, -0.1) is 12.4 Å². The molecule has 0 aliphatic carbocycles. The van der Waals surface area contributed by atoms with Gasteiger partial charge < -0.3 is 15.0 Å². The minimum Gasteiger partial charge on any atom is -0.490 e. The summed E-state index contributed by atoms with van der Waals surface area (Å²) in [5.41, 5.74) is 0.476. The van der Waals surface area contributed by atoms with E-state index in [0.29, 0.717) is 22.6 Å². The highest BCUT2D eigenvalue weighted by Gasteiger charge is 2.26. The Morgan fingerprint density at radius 3 is 2.96 bits per heavy atom. The predicted molar refractivity (Wildman–Crippen MR) is 101 cm³/mol. The van der Waals surface area contributed by atoms with Crippen molar-refractivity contribution in [2.24, 2.45) is 0 Å². The van der Waals surface area contributed by atoms with Gasteiger partial charge in [0.15, 0.2) is 16.8 Å². The summed E-state index contributed by atoms with van der Waals surface area (Å²) in [6.45, 7) is 2.80. The summed E-state index contributed by atoms with van der Waals surface area (Å²) < 4.78 is 33.3. The van der Waals surface area contributed by atoms with Gasteiger partial charge in [-0.1, -0.05) is 11.3 Å². The van der Waals surface area contributed by atoms with E-state index < -0.39 is 11.6 Å². The van der Waals surface area contributed by atoms with Gasteiger partial charge in [-0.05, 0) is 18.2 Å². The summed E-state index contributed by atoms with van der Waals surface area (Å²) in [6, 6.07) is 6.10. The number of hydrogen-bond donors (Lipinski definition) is 1. The van der Waals surface area contributed by atoms with E-state index in [1.807, 2.05) is 12.1 Å². The number of nitrogens with one attached hydrogen (secondary N) is 1. The van der Waals surface area contributed by atoms with Crippen LogP contribution < -0.4 is 15.0 Å². The van der Waals surface area contributed by atoms with Crippen LogP contribution in [0.2, 0.25) is 0 Å². The first-order valence-corrected chi connectivity index (χ1v) is 8.78. The average molecular weight is 399 g/mol. The molecule has 1 saturated heterocycles. The normalized spacial score (nSPS) is 17.2. The molecule has 5 nitrogen and oxygen atoms in total. The van der Waals surface area contributed by atoms with E-state index in [1.165, 1.54) is 17.4 Å². The predicted octanol–water partition coefficient (Wildman–Crippen LogP) is 3.25. The van der Waals surface area contributed by atoms with Crippen LogP contribution in [-0.2, 0) is 0 Å². The molecule has 1 aromatic carbocycles. The van der Waals surface area contributed by atoms with E-state index in [4.69, 9.17) is 4.74 Å². The van der Waals surface area contributed by atoms with E-state index in [9.17, 15) is 8.78 Å². The Labute approximate surface area is 159 Å². The number of benzene rings is 1. The average Bonchev–Trinajstić information content (AvgIpc) is 3.04. The van der Waals surface area contributed by atoms with E-state index in [2.05, 4.69) is 20.2 Å². The second kappa shape index (κ2) is 8.11. The van der Waals surface area contributed by atoms with Gasteiger partial charge in [0.25, 0.3) is 0 Å². The second-order valence-electron chi connectivity index (χ2n) is 5.78. The molecule has 0 radical (unpaired) electrons. The van der Waals surface area contributed by atoms with Crippen molar-refractivity contribution in [3.05, 3.63) is 48.3 Å². The molecule has 0 spiro atoms. The Hall–Kier alpha value is -2.03. The number of anilines is 1. The molecule has 1 atom stereocenters. The molecule has 3 aromatic rings. The highest BCUT2D eigenvalue weighted by atomic mass is 35.5. The van der Waals surface area contributed by atoms with Crippen LogP contribution in [-0.4, -0.2) is 42.3 Å². The number of fused-ring (bicyclic) bond motifs is 1. The van der Waals surface area contributed by atoms with E-state index >= 15 is 0 Å². The van der Waals surface area contributed by atoms with Crippen molar-refractivity contribution >= 4 is 39.1 Å². The lowest BCUT2D eigenvalue weighted by Gasteiger charge is -2.35. The quantitative estimate of drug-likeness (QED) is 0.731. The third kappa shape index (κ3) is 3.87. The first kappa shape index (κ1) is 18.8. The van der Waals surface area contributed by atoms with Gasteiger partial charge in [0, 0.05) is 31.9 Å². The zero-order valence-electron chi connectivity index (χ0n) is 13.7. The van der Waals surface area contributed by atoms with Crippen LogP contribution in [0.4, 0.5) is 13.9 Å². The topological polar surface area (TPSA) is 50.3 Å². The number of nitrogens with zero attached hydrogens (tertiary/aromatic N) is 3. The molecule has 1 N–H and O–H groups in total. The molecule has 0 saturated carbocycles. The minimum absolute atomic E-state index is 0. The van der Waals surface area contributed by atoms with Gasteiger partial charge in [-0.25, -0.2) is 13.8 Å². The third-order valence-corrected chi connectivity index (χ3v) is 5.15. The number of aromatic nitrogens is 2. The molecule has 0 bridgehead atoms. The zero-order chi connectivity index (χ0) is 17.2. The highest BCUT2D eigenvalue weighted by Crippen LogP contribution is 2.31. The highest BCUT2D eigenvalue weighted by molar-refractivity contribution is 7.22. The van der Waals surface area contributed by atoms with Crippen molar-refractivity contribution in [2.45, 2.75) is 6.04 Å². The minimum atomic E-state index is -0.874. The van der Waals surface area contributed by atoms with Gasteiger partial charge in [-0.2, -0.15) is 0 Å². The van der Waals surface area contributed by atoms with Gasteiger partial charge in [0.2, 0.25) is 0 Å². The molecule has 26 heavy (non-hydrogen) atoms. The summed E-state index contributed by atoms with van der Waals surface area (Å²) in [5.74, 6) is -1.01. The molecule has 1 aliphatic rings. The fourth-order valence-corrected chi connectivity index (χ4v) is 3.89. The van der Waals surface area contributed by atoms with Crippen LogP contribution in [0.3, 0.4) is 0 Å². The third-order valence-electron chi connectivity index (χ3n) is 4.09. The lowest BCUT2D eigenvalue weighted by molar-refractivity contribution is 0.266. The Balaban J connectivity index is 0.00000196.